The first-order valence-electron chi connectivity index (χ1n) is 6.47. The summed E-state index contributed by atoms with van der Waals surface area (Å²) in [5, 5.41) is 11.1. The zero-order valence-corrected chi connectivity index (χ0v) is 12.1. The smallest absolute Gasteiger partial charge is 0.123 e. The lowest BCUT2D eigenvalue weighted by Crippen LogP contribution is -2.07. The van der Waals surface area contributed by atoms with Crippen molar-refractivity contribution in [3.63, 3.8) is 0 Å². The summed E-state index contributed by atoms with van der Waals surface area (Å²) >= 11 is 1.79. The van der Waals surface area contributed by atoms with E-state index in [1.165, 1.54) is 0 Å². The number of benzene rings is 1. The summed E-state index contributed by atoms with van der Waals surface area (Å²) in [6, 6.07) is 5.42. The second-order valence-corrected chi connectivity index (χ2v) is 5.53. The van der Waals surface area contributed by atoms with Crippen LogP contribution in [0.5, 0.6) is 11.5 Å². The lowest BCUT2D eigenvalue weighted by molar-refractivity contribution is 0.406. The van der Waals surface area contributed by atoms with Gasteiger partial charge < -0.3 is 9.84 Å². The topological polar surface area (TPSA) is 41.8 Å². The third-order valence-electron chi connectivity index (χ3n) is 3.01. The summed E-state index contributed by atoms with van der Waals surface area (Å²) in [6.45, 7) is 2.86. The van der Waals surface area contributed by atoms with Crippen molar-refractivity contribution in [2.45, 2.75) is 19.3 Å². The first-order chi connectivity index (χ1) is 9.24. The molecular weight excluding hydrogens is 258 g/mol. The second kappa shape index (κ2) is 6.66. The molecular formula is C15H19NO2S. The maximum atomic E-state index is 10.0. The Morgan fingerprint density at radius 3 is 2.89 bits per heavy atom. The molecule has 0 spiro atoms. The number of aromatic hydroxyl groups is 1. The molecule has 2 rings (SSSR count). The standard InChI is InChI=1S/C15H19NO2S/c1-3-8-19-15-7-4-11(10-16-15)13-6-5-12(18-2)9-14(13)17/h4-7,9,11,17H,3,8,10H2,1-2H3. The van der Waals surface area contributed by atoms with Gasteiger partial charge in [-0.3, -0.25) is 4.99 Å². The van der Waals surface area contributed by atoms with Crippen LogP contribution in [0.25, 0.3) is 0 Å². The molecule has 0 amide bonds. The molecule has 0 bridgehead atoms. The molecule has 0 saturated carbocycles. The van der Waals surface area contributed by atoms with Crippen molar-refractivity contribution in [3.05, 3.63) is 35.9 Å². The fourth-order valence-corrected chi connectivity index (χ4v) is 2.72. The third-order valence-corrected chi connectivity index (χ3v) is 4.18. The molecule has 3 nitrogen and oxygen atoms in total. The van der Waals surface area contributed by atoms with E-state index in [-0.39, 0.29) is 11.7 Å². The molecule has 4 heteroatoms. The first kappa shape index (κ1) is 14.0. The Kier molecular flexibility index (Phi) is 4.91. The van der Waals surface area contributed by atoms with Gasteiger partial charge in [-0.25, -0.2) is 0 Å². The lowest BCUT2D eigenvalue weighted by Gasteiger charge is -2.17. The van der Waals surface area contributed by atoms with E-state index in [4.69, 9.17) is 4.74 Å². The number of dihydropyridines is 1. The fraction of sp³-hybridized carbons (Fsp3) is 0.400. The maximum absolute atomic E-state index is 10.0. The summed E-state index contributed by atoms with van der Waals surface area (Å²) in [5.41, 5.74) is 0.903. The van der Waals surface area contributed by atoms with E-state index >= 15 is 0 Å². The SMILES string of the molecule is CCCSC1=NCC(c2ccc(OC)cc2O)C=C1. The molecule has 1 aliphatic rings. The van der Waals surface area contributed by atoms with Gasteiger partial charge in [0.25, 0.3) is 0 Å². The van der Waals surface area contributed by atoms with Crippen molar-refractivity contribution in [1.29, 1.82) is 0 Å². The lowest BCUT2D eigenvalue weighted by atomic mass is 9.96. The summed E-state index contributed by atoms with van der Waals surface area (Å²) < 4.78 is 5.09. The zero-order valence-electron chi connectivity index (χ0n) is 11.3. The molecule has 1 aromatic carbocycles. The Hall–Kier alpha value is -1.42. The number of aliphatic imine (C=N–C) groups is 1. The van der Waals surface area contributed by atoms with E-state index < -0.39 is 0 Å². The fourth-order valence-electron chi connectivity index (χ4n) is 1.97. The van der Waals surface area contributed by atoms with Gasteiger partial charge in [0.1, 0.15) is 11.5 Å². The number of ether oxygens (including phenoxy) is 1. The maximum Gasteiger partial charge on any atom is 0.123 e. The molecule has 0 fully saturated rings. The Balaban J connectivity index is 2.06. The molecule has 102 valence electrons. The Labute approximate surface area is 118 Å². The molecule has 1 aliphatic heterocycles. The number of thioether (sulfide) groups is 1. The number of rotatable bonds is 4. The Bertz CT molecular complexity index is 497. The third kappa shape index (κ3) is 3.53. The van der Waals surface area contributed by atoms with Gasteiger partial charge in [0.15, 0.2) is 0 Å². The summed E-state index contributed by atoms with van der Waals surface area (Å²) in [6.07, 6.45) is 5.32. The van der Waals surface area contributed by atoms with Gasteiger partial charge in [-0.1, -0.05) is 19.1 Å². The van der Waals surface area contributed by atoms with Crippen molar-refractivity contribution in [2.24, 2.45) is 4.99 Å². The molecule has 1 N–H and O–H groups in total. The molecule has 1 unspecified atom stereocenters. The first-order valence-corrected chi connectivity index (χ1v) is 7.45. The van der Waals surface area contributed by atoms with Crippen LogP contribution in [-0.2, 0) is 0 Å². The molecule has 0 radical (unpaired) electrons. The number of hydrogen-bond donors (Lipinski definition) is 1. The second-order valence-electron chi connectivity index (χ2n) is 4.42. The molecule has 19 heavy (non-hydrogen) atoms. The Morgan fingerprint density at radius 2 is 2.32 bits per heavy atom. The van der Waals surface area contributed by atoms with Gasteiger partial charge in [0.2, 0.25) is 0 Å². The van der Waals surface area contributed by atoms with Gasteiger partial charge >= 0.3 is 0 Å². The van der Waals surface area contributed by atoms with Crippen molar-refractivity contribution in [3.8, 4) is 11.5 Å². The minimum atomic E-state index is 0.150. The van der Waals surface area contributed by atoms with E-state index in [1.807, 2.05) is 12.1 Å². The highest BCUT2D eigenvalue weighted by Gasteiger charge is 2.16. The van der Waals surface area contributed by atoms with Crippen LogP contribution < -0.4 is 4.74 Å². The van der Waals surface area contributed by atoms with Crippen LogP contribution >= 0.6 is 11.8 Å². The highest BCUT2D eigenvalue weighted by atomic mass is 32.2. The average molecular weight is 277 g/mol. The highest BCUT2D eigenvalue weighted by Crippen LogP contribution is 2.32. The molecule has 1 heterocycles. The number of nitrogens with zero attached hydrogens (tertiary/aromatic N) is 1. The van der Waals surface area contributed by atoms with Crippen LogP contribution in [0.15, 0.2) is 35.3 Å². The minimum Gasteiger partial charge on any atom is -0.508 e. The minimum absolute atomic E-state index is 0.150. The molecule has 0 saturated heterocycles. The average Bonchev–Trinajstić information content (AvgIpc) is 2.45. The van der Waals surface area contributed by atoms with Gasteiger partial charge in [-0.2, -0.15) is 0 Å². The van der Waals surface area contributed by atoms with Crippen LogP contribution in [-0.4, -0.2) is 29.6 Å². The van der Waals surface area contributed by atoms with E-state index in [9.17, 15) is 5.11 Å². The number of methoxy groups -OCH3 is 1. The predicted octanol–water partition coefficient (Wildman–Crippen LogP) is 3.60. The Morgan fingerprint density at radius 1 is 1.47 bits per heavy atom. The summed E-state index contributed by atoms with van der Waals surface area (Å²) in [5.74, 6) is 2.19. The van der Waals surface area contributed by atoms with E-state index in [0.717, 1.165) is 22.8 Å². The van der Waals surface area contributed by atoms with Crippen LogP contribution in [0.1, 0.15) is 24.8 Å². The summed E-state index contributed by atoms with van der Waals surface area (Å²) in [4.78, 5) is 4.56. The monoisotopic (exact) mass is 277 g/mol. The van der Waals surface area contributed by atoms with Crippen molar-refractivity contribution in [2.75, 3.05) is 19.4 Å². The van der Waals surface area contributed by atoms with E-state index in [2.05, 4.69) is 24.1 Å². The summed E-state index contributed by atoms with van der Waals surface area (Å²) in [7, 11) is 1.59. The van der Waals surface area contributed by atoms with Gasteiger partial charge in [0, 0.05) is 17.5 Å². The van der Waals surface area contributed by atoms with E-state index in [1.54, 1.807) is 24.9 Å². The van der Waals surface area contributed by atoms with Crippen LogP contribution in [0, 0.1) is 0 Å². The predicted molar refractivity (Wildman–Crippen MR) is 81.6 cm³/mol. The largest absolute Gasteiger partial charge is 0.508 e. The number of phenols is 1. The van der Waals surface area contributed by atoms with E-state index in [0.29, 0.717) is 12.3 Å². The van der Waals surface area contributed by atoms with Crippen LogP contribution in [0.3, 0.4) is 0 Å². The van der Waals surface area contributed by atoms with Crippen molar-refractivity contribution in [1.82, 2.24) is 0 Å². The van der Waals surface area contributed by atoms with Gasteiger partial charge in [-0.05, 0) is 24.3 Å². The van der Waals surface area contributed by atoms with Gasteiger partial charge in [-0.15, -0.1) is 11.8 Å². The van der Waals surface area contributed by atoms with Crippen molar-refractivity contribution < 1.29 is 9.84 Å². The highest BCUT2D eigenvalue weighted by molar-refractivity contribution is 8.14. The van der Waals surface area contributed by atoms with Gasteiger partial charge in [0.05, 0.1) is 18.7 Å². The quantitative estimate of drug-likeness (QED) is 0.914. The molecule has 1 aromatic rings. The number of phenolic OH excluding ortho intramolecular Hbond substituents is 1. The number of hydrogen-bond acceptors (Lipinski definition) is 4. The van der Waals surface area contributed by atoms with Crippen LogP contribution in [0.4, 0.5) is 0 Å². The molecule has 0 aromatic heterocycles. The molecule has 0 aliphatic carbocycles. The normalized spacial score (nSPS) is 18.2. The van der Waals surface area contributed by atoms with Crippen LogP contribution in [0.2, 0.25) is 0 Å². The van der Waals surface area contributed by atoms with Crippen molar-refractivity contribution >= 4 is 16.8 Å². The zero-order chi connectivity index (χ0) is 13.7. The molecule has 1 atom stereocenters.